The van der Waals surface area contributed by atoms with Gasteiger partial charge in [-0.15, -0.1) is 0 Å². The average molecular weight is 296 g/mol. The Balaban J connectivity index is 2.37. The molecular formula is C15H20O4S. The summed E-state index contributed by atoms with van der Waals surface area (Å²) in [4.78, 5) is 22.6. The topological polar surface area (TPSA) is 68.3 Å². The fourth-order valence-corrected chi connectivity index (χ4v) is 3.17. The van der Waals surface area contributed by atoms with E-state index >= 15 is 0 Å². The number of Topliss-reactive ketones (excluding diaryl/α,β-unsaturated/α-hetero) is 2. The molecule has 0 fully saturated rings. The second-order valence-corrected chi connectivity index (χ2v) is 6.86. The molecular weight excluding hydrogens is 276 g/mol. The molecule has 0 saturated heterocycles. The SMILES string of the molecule is CC(=O)CCCCCC(=O)CS(=O)(=O)c1ccccc1. The molecule has 0 bridgehead atoms. The van der Waals surface area contributed by atoms with E-state index in [4.69, 9.17) is 0 Å². The molecule has 110 valence electrons. The lowest BCUT2D eigenvalue weighted by molar-refractivity contribution is -0.117. The number of hydrogen-bond acceptors (Lipinski definition) is 4. The second-order valence-electron chi connectivity index (χ2n) is 4.87. The molecule has 0 aliphatic rings. The summed E-state index contributed by atoms with van der Waals surface area (Å²) >= 11 is 0. The van der Waals surface area contributed by atoms with Crippen molar-refractivity contribution < 1.29 is 18.0 Å². The molecule has 4 nitrogen and oxygen atoms in total. The lowest BCUT2D eigenvalue weighted by atomic mass is 10.1. The minimum absolute atomic E-state index is 0.142. The van der Waals surface area contributed by atoms with Gasteiger partial charge >= 0.3 is 0 Å². The molecule has 0 spiro atoms. The van der Waals surface area contributed by atoms with Crippen LogP contribution in [0.4, 0.5) is 0 Å². The van der Waals surface area contributed by atoms with Crippen molar-refractivity contribution in [2.75, 3.05) is 5.75 Å². The Bertz CT molecular complexity index is 546. The highest BCUT2D eigenvalue weighted by atomic mass is 32.2. The highest BCUT2D eigenvalue weighted by molar-refractivity contribution is 7.92. The lowest BCUT2D eigenvalue weighted by Gasteiger charge is -2.04. The molecule has 0 N–H and O–H groups in total. The van der Waals surface area contributed by atoms with Crippen molar-refractivity contribution in [1.29, 1.82) is 0 Å². The summed E-state index contributed by atoms with van der Waals surface area (Å²) in [7, 11) is -3.52. The smallest absolute Gasteiger partial charge is 0.185 e. The van der Waals surface area contributed by atoms with E-state index in [1.807, 2.05) is 0 Å². The Labute approximate surface area is 120 Å². The highest BCUT2D eigenvalue weighted by Gasteiger charge is 2.18. The van der Waals surface area contributed by atoms with Gasteiger partial charge in [-0.25, -0.2) is 8.42 Å². The van der Waals surface area contributed by atoms with E-state index in [9.17, 15) is 18.0 Å². The number of unbranched alkanes of at least 4 members (excludes halogenated alkanes) is 2. The summed E-state index contributed by atoms with van der Waals surface area (Å²) in [5, 5.41) is 0. The maximum atomic E-state index is 12.0. The van der Waals surface area contributed by atoms with Crippen molar-refractivity contribution in [2.24, 2.45) is 0 Å². The molecule has 1 aromatic carbocycles. The molecule has 0 radical (unpaired) electrons. The van der Waals surface area contributed by atoms with Crippen molar-refractivity contribution >= 4 is 21.4 Å². The number of ketones is 2. The van der Waals surface area contributed by atoms with Gasteiger partial charge in [0.15, 0.2) is 9.84 Å². The van der Waals surface area contributed by atoms with Crippen LogP contribution in [0.5, 0.6) is 0 Å². The molecule has 0 unspecified atom stereocenters. The van der Waals surface area contributed by atoms with Crippen LogP contribution in [0.25, 0.3) is 0 Å². The van der Waals surface area contributed by atoms with Crippen molar-refractivity contribution in [1.82, 2.24) is 0 Å². The van der Waals surface area contributed by atoms with Crippen LogP contribution in [0.2, 0.25) is 0 Å². The van der Waals surface area contributed by atoms with Gasteiger partial charge in [0, 0.05) is 12.8 Å². The standard InChI is InChI=1S/C15H20O4S/c1-13(16)8-4-2-5-9-14(17)12-20(18,19)15-10-6-3-7-11-15/h3,6-7,10-11H,2,4-5,8-9,12H2,1H3. The molecule has 1 aromatic rings. The van der Waals surface area contributed by atoms with E-state index in [1.54, 1.807) is 18.2 Å². The molecule has 5 heteroatoms. The minimum atomic E-state index is -3.52. The number of sulfone groups is 1. The predicted molar refractivity (Wildman–Crippen MR) is 77.3 cm³/mol. The molecule has 20 heavy (non-hydrogen) atoms. The van der Waals surface area contributed by atoms with Crippen molar-refractivity contribution in [2.45, 2.75) is 43.9 Å². The van der Waals surface area contributed by atoms with Gasteiger partial charge in [0.1, 0.15) is 17.3 Å². The fraction of sp³-hybridized carbons (Fsp3) is 0.467. The van der Waals surface area contributed by atoms with E-state index in [-0.39, 0.29) is 22.9 Å². The first-order valence-electron chi connectivity index (χ1n) is 6.71. The van der Waals surface area contributed by atoms with Crippen LogP contribution < -0.4 is 0 Å². The zero-order valence-corrected chi connectivity index (χ0v) is 12.5. The molecule has 0 aromatic heterocycles. The Morgan fingerprint density at radius 1 is 0.950 bits per heavy atom. The maximum Gasteiger partial charge on any atom is 0.185 e. The third-order valence-corrected chi connectivity index (χ3v) is 4.63. The van der Waals surface area contributed by atoms with Crippen molar-refractivity contribution in [3.8, 4) is 0 Å². The zero-order chi connectivity index (χ0) is 15.0. The Hall–Kier alpha value is -1.49. The third kappa shape index (κ3) is 6.10. The normalized spacial score (nSPS) is 11.2. The van der Waals surface area contributed by atoms with Gasteiger partial charge in [0.05, 0.1) is 4.90 Å². The Kier molecular flexibility index (Phi) is 6.58. The largest absolute Gasteiger partial charge is 0.300 e. The number of benzene rings is 1. The van der Waals surface area contributed by atoms with Crippen LogP contribution in [-0.2, 0) is 19.4 Å². The van der Waals surface area contributed by atoms with Gasteiger partial charge in [-0.1, -0.05) is 24.6 Å². The van der Waals surface area contributed by atoms with Gasteiger partial charge in [-0.05, 0) is 31.9 Å². The summed E-state index contributed by atoms with van der Waals surface area (Å²) in [5.41, 5.74) is 0. The Morgan fingerprint density at radius 3 is 2.15 bits per heavy atom. The first-order chi connectivity index (χ1) is 9.42. The van der Waals surface area contributed by atoms with Gasteiger partial charge in [0.25, 0.3) is 0 Å². The van der Waals surface area contributed by atoms with Crippen molar-refractivity contribution in [3.05, 3.63) is 30.3 Å². The van der Waals surface area contributed by atoms with Gasteiger partial charge in [-0.2, -0.15) is 0 Å². The molecule has 0 atom stereocenters. The average Bonchev–Trinajstić information content (AvgIpc) is 2.38. The fourth-order valence-electron chi connectivity index (χ4n) is 1.87. The molecule has 0 heterocycles. The second kappa shape index (κ2) is 7.94. The van der Waals surface area contributed by atoms with E-state index in [0.29, 0.717) is 12.8 Å². The number of hydrogen-bond donors (Lipinski definition) is 0. The number of carbonyl (C=O) groups is 2. The molecule has 0 saturated carbocycles. The molecule has 1 rings (SSSR count). The van der Waals surface area contributed by atoms with E-state index in [0.717, 1.165) is 12.8 Å². The zero-order valence-electron chi connectivity index (χ0n) is 11.7. The van der Waals surface area contributed by atoms with E-state index < -0.39 is 15.6 Å². The highest BCUT2D eigenvalue weighted by Crippen LogP contribution is 2.12. The summed E-state index contributed by atoms with van der Waals surface area (Å²) in [5.74, 6) is -0.566. The summed E-state index contributed by atoms with van der Waals surface area (Å²) in [6.45, 7) is 1.54. The first-order valence-corrected chi connectivity index (χ1v) is 8.36. The van der Waals surface area contributed by atoms with E-state index in [2.05, 4.69) is 0 Å². The molecule has 0 amide bonds. The summed E-state index contributed by atoms with van der Waals surface area (Å²) < 4.78 is 23.9. The summed E-state index contributed by atoms with van der Waals surface area (Å²) in [6.07, 6.45) is 2.95. The molecule has 0 aliphatic heterocycles. The van der Waals surface area contributed by atoms with Crippen LogP contribution in [-0.4, -0.2) is 25.7 Å². The summed E-state index contributed by atoms with van der Waals surface area (Å²) in [6, 6.07) is 8.00. The number of carbonyl (C=O) groups excluding carboxylic acids is 2. The monoisotopic (exact) mass is 296 g/mol. The van der Waals surface area contributed by atoms with Crippen LogP contribution in [0, 0.1) is 0 Å². The molecule has 0 aliphatic carbocycles. The van der Waals surface area contributed by atoms with Gasteiger partial charge < -0.3 is 4.79 Å². The van der Waals surface area contributed by atoms with Crippen molar-refractivity contribution in [3.63, 3.8) is 0 Å². The van der Waals surface area contributed by atoms with Crippen LogP contribution in [0.3, 0.4) is 0 Å². The maximum absolute atomic E-state index is 12.0. The van der Waals surface area contributed by atoms with E-state index in [1.165, 1.54) is 19.1 Å². The number of rotatable bonds is 9. The minimum Gasteiger partial charge on any atom is -0.300 e. The third-order valence-electron chi connectivity index (χ3n) is 2.94. The van der Waals surface area contributed by atoms with Crippen LogP contribution in [0.1, 0.15) is 39.0 Å². The van der Waals surface area contributed by atoms with Crippen LogP contribution in [0.15, 0.2) is 35.2 Å². The van der Waals surface area contributed by atoms with Gasteiger partial charge in [0.2, 0.25) is 0 Å². The van der Waals surface area contributed by atoms with Crippen LogP contribution >= 0.6 is 0 Å². The van der Waals surface area contributed by atoms with Gasteiger partial charge in [-0.3, -0.25) is 4.79 Å². The Morgan fingerprint density at radius 2 is 1.55 bits per heavy atom. The quantitative estimate of drug-likeness (QED) is 0.657. The predicted octanol–water partition coefficient (Wildman–Crippen LogP) is 2.57. The first kappa shape index (κ1) is 16.6. The lowest BCUT2D eigenvalue weighted by Crippen LogP contribution is -2.16.